The molecule has 150 valence electrons. The molecule has 0 saturated heterocycles. The summed E-state index contributed by atoms with van der Waals surface area (Å²) in [6.07, 6.45) is 0.563. The number of nitrogens with zero attached hydrogens (tertiary/aromatic N) is 1. The van der Waals surface area contributed by atoms with E-state index in [-0.39, 0.29) is 11.9 Å². The quantitative estimate of drug-likeness (QED) is 0.773. The molecule has 0 unspecified atom stereocenters. The Hall–Kier alpha value is -2.09. The molecule has 1 N–H and O–H groups in total. The molecular weight excluding hydrogens is 368 g/mol. The lowest BCUT2D eigenvalue weighted by Crippen LogP contribution is -2.50. The highest BCUT2D eigenvalue weighted by Gasteiger charge is 2.30. The van der Waals surface area contributed by atoms with Gasteiger partial charge in [-0.15, -0.1) is 11.3 Å². The van der Waals surface area contributed by atoms with Gasteiger partial charge in [0, 0.05) is 18.0 Å². The largest absolute Gasteiger partial charge is 0.462 e. The smallest absolute Gasteiger partial charge is 0.408 e. The molecule has 2 amide bonds. The van der Waals surface area contributed by atoms with E-state index >= 15 is 0 Å². The van der Waals surface area contributed by atoms with Crippen LogP contribution in [0.4, 0.5) is 4.79 Å². The topological polar surface area (TPSA) is 84.9 Å². The molecule has 1 aromatic rings. The van der Waals surface area contributed by atoms with Crippen LogP contribution in [0.25, 0.3) is 0 Å². The summed E-state index contributed by atoms with van der Waals surface area (Å²) in [7, 11) is 0. The van der Waals surface area contributed by atoms with Crippen LogP contribution in [0.2, 0.25) is 0 Å². The summed E-state index contributed by atoms with van der Waals surface area (Å²) in [5, 5.41) is 2.66. The van der Waals surface area contributed by atoms with Crippen molar-refractivity contribution in [1.29, 1.82) is 0 Å². The molecule has 1 atom stereocenters. The molecular formula is C19H28N2O5S. The zero-order valence-electron chi connectivity index (χ0n) is 16.6. The van der Waals surface area contributed by atoms with Gasteiger partial charge in [0.05, 0.1) is 6.61 Å². The van der Waals surface area contributed by atoms with E-state index in [1.807, 2.05) is 6.92 Å². The molecule has 27 heavy (non-hydrogen) atoms. The second-order valence-electron chi connectivity index (χ2n) is 7.40. The molecule has 0 radical (unpaired) electrons. The minimum Gasteiger partial charge on any atom is -0.462 e. The number of thiophene rings is 1. The molecule has 0 spiro atoms. The zero-order valence-corrected chi connectivity index (χ0v) is 17.4. The molecule has 8 heteroatoms. The van der Waals surface area contributed by atoms with Crippen LogP contribution in [0, 0.1) is 0 Å². The number of carbonyl (C=O) groups excluding carboxylic acids is 3. The first-order valence-electron chi connectivity index (χ1n) is 9.21. The Morgan fingerprint density at radius 3 is 2.59 bits per heavy atom. The lowest BCUT2D eigenvalue weighted by atomic mass is 10.1. The monoisotopic (exact) mass is 396 g/mol. The summed E-state index contributed by atoms with van der Waals surface area (Å²) in [5.41, 5.74) is 0.348. The molecule has 7 nitrogen and oxygen atoms in total. The fourth-order valence-electron chi connectivity index (χ4n) is 2.83. The Morgan fingerprint density at radius 2 is 2.00 bits per heavy atom. The number of hydrogen-bond donors (Lipinski definition) is 1. The second-order valence-corrected chi connectivity index (χ2v) is 8.53. The van der Waals surface area contributed by atoms with Gasteiger partial charge in [0.15, 0.2) is 0 Å². The standard InChI is InChI=1S/C19H28N2O5S/c1-6-13(20-18(24)26-19(3,4)5)16(22)21-9-8-14-12(11-21)10-15(27-14)17(23)25-7-2/h10,13H,6-9,11H2,1-5H3,(H,20,24)/t13-/m1/s1. The summed E-state index contributed by atoms with van der Waals surface area (Å²) >= 11 is 1.43. The van der Waals surface area contributed by atoms with Crippen molar-refractivity contribution >= 4 is 29.3 Å². The van der Waals surface area contributed by atoms with Crippen LogP contribution in [-0.2, 0) is 27.2 Å². The average Bonchev–Trinajstić information content (AvgIpc) is 3.01. The van der Waals surface area contributed by atoms with Crippen LogP contribution in [-0.4, -0.2) is 47.7 Å². The van der Waals surface area contributed by atoms with Gasteiger partial charge in [-0.05, 0) is 52.2 Å². The first-order valence-corrected chi connectivity index (χ1v) is 10.0. The number of carbonyl (C=O) groups is 3. The Labute approximate surface area is 164 Å². The van der Waals surface area contributed by atoms with Gasteiger partial charge in [0.25, 0.3) is 0 Å². The van der Waals surface area contributed by atoms with Crippen molar-refractivity contribution in [1.82, 2.24) is 10.2 Å². The third kappa shape index (κ3) is 5.69. The highest BCUT2D eigenvalue weighted by molar-refractivity contribution is 7.14. The van der Waals surface area contributed by atoms with E-state index in [1.165, 1.54) is 11.3 Å². The van der Waals surface area contributed by atoms with Crippen LogP contribution in [0.3, 0.4) is 0 Å². The lowest BCUT2D eigenvalue weighted by Gasteiger charge is -2.31. The van der Waals surface area contributed by atoms with E-state index in [4.69, 9.17) is 9.47 Å². The average molecular weight is 397 g/mol. The van der Waals surface area contributed by atoms with Crippen LogP contribution < -0.4 is 5.32 Å². The molecule has 1 aromatic heterocycles. The van der Waals surface area contributed by atoms with E-state index in [9.17, 15) is 14.4 Å². The first-order chi connectivity index (χ1) is 12.6. The van der Waals surface area contributed by atoms with Crippen molar-refractivity contribution in [3.63, 3.8) is 0 Å². The third-order valence-corrected chi connectivity index (χ3v) is 5.27. The fraction of sp³-hybridized carbons (Fsp3) is 0.632. The minimum atomic E-state index is -0.635. The maximum absolute atomic E-state index is 12.9. The maximum atomic E-state index is 12.9. The van der Waals surface area contributed by atoms with E-state index in [1.54, 1.807) is 38.7 Å². The normalized spacial score (nSPS) is 14.9. The number of nitrogens with one attached hydrogen (secondary N) is 1. The molecule has 2 heterocycles. The minimum absolute atomic E-state index is 0.141. The molecule has 2 rings (SSSR count). The number of ether oxygens (including phenoxy) is 2. The van der Waals surface area contributed by atoms with Crippen molar-refractivity contribution in [2.75, 3.05) is 13.2 Å². The van der Waals surface area contributed by atoms with E-state index in [0.29, 0.717) is 37.4 Å². The first kappa shape index (κ1) is 21.2. The summed E-state index contributed by atoms with van der Waals surface area (Å²) in [5.74, 6) is -0.467. The predicted octanol–water partition coefficient (Wildman–Crippen LogP) is 3.11. The summed E-state index contributed by atoms with van der Waals surface area (Å²) in [6.45, 7) is 10.3. The van der Waals surface area contributed by atoms with Crippen molar-refractivity contribution in [2.24, 2.45) is 0 Å². The van der Waals surface area contributed by atoms with Gasteiger partial charge < -0.3 is 19.7 Å². The van der Waals surface area contributed by atoms with Crippen LogP contribution in [0.5, 0.6) is 0 Å². The van der Waals surface area contributed by atoms with Crippen LogP contribution in [0.15, 0.2) is 6.07 Å². The highest BCUT2D eigenvalue weighted by atomic mass is 32.1. The number of esters is 1. The molecule has 0 bridgehead atoms. The lowest BCUT2D eigenvalue weighted by molar-refractivity contribution is -0.134. The third-order valence-electron chi connectivity index (χ3n) is 4.05. The van der Waals surface area contributed by atoms with Crippen molar-refractivity contribution in [3.05, 3.63) is 21.4 Å². The van der Waals surface area contributed by atoms with Crippen LogP contribution in [0.1, 0.15) is 61.2 Å². The summed E-state index contributed by atoms with van der Waals surface area (Å²) in [6, 6.07) is 1.17. The highest BCUT2D eigenvalue weighted by Crippen LogP contribution is 2.29. The van der Waals surface area contributed by atoms with Crippen molar-refractivity contribution in [3.8, 4) is 0 Å². The van der Waals surface area contributed by atoms with Gasteiger partial charge in [-0.1, -0.05) is 6.92 Å². The summed E-state index contributed by atoms with van der Waals surface area (Å²) < 4.78 is 10.3. The van der Waals surface area contributed by atoms with Gasteiger partial charge in [-0.25, -0.2) is 9.59 Å². The number of rotatable bonds is 5. The number of fused-ring (bicyclic) bond motifs is 1. The van der Waals surface area contributed by atoms with Gasteiger partial charge >= 0.3 is 12.1 Å². The Morgan fingerprint density at radius 1 is 1.30 bits per heavy atom. The number of amides is 2. The Balaban J connectivity index is 2.03. The van der Waals surface area contributed by atoms with Crippen molar-refractivity contribution in [2.45, 2.75) is 65.6 Å². The predicted molar refractivity (Wildman–Crippen MR) is 103 cm³/mol. The summed E-state index contributed by atoms with van der Waals surface area (Å²) in [4.78, 5) is 40.2. The molecule has 0 saturated carbocycles. The number of hydrogen-bond acceptors (Lipinski definition) is 6. The Kier molecular flexibility index (Phi) is 6.86. The second kappa shape index (κ2) is 8.73. The molecule has 1 aliphatic heterocycles. The maximum Gasteiger partial charge on any atom is 0.408 e. The molecule has 0 aromatic carbocycles. The number of alkyl carbamates (subject to hydrolysis) is 1. The van der Waals surface area contributed by atoms with E-state index < -0.39 is 17.7 Å². The van der Waals surface area contributed by atoms with Gasteiger partial charge in [0.1, 0.15) is 16.5 Å². The van der Waals surface area contributed by atoms with E-state index in [0.717, 1.165) is 10.4 Å². The fourth-order valence-corrected chi connectivity index (χ4v) is 3.89. The Bertz CT molecular complexity index is 707. The molecule has 0 aliphatic carbocycles. The zero-order chi connectivity index (χ0) is 20.2. The van der Waals surface area contributed by atoms with Gasteiger partial charge in [-0.3, -0.25) is 4.79 Å². The van der Waals surface area contributed by atoms with Gasteiger partial charge in [-0.2, -0.15) is 0 Å². The van der Waals surface area contributed by atoms with E-state index in [2.05, 4.69) is 5.32 Å². The van der Waals surface area contributed by atoms with Gasteiger partial charge in [0.2, 0.25) is 5.91 Å². The van der Waals surface area contributed by atoms with Crippen LogP contribution >= 0.6 is 11.3 Å². The molecule has 1 aliphatic rings. The van der Waals surface area contributed by atoms with Crippen molar-refractivity contribution < 1.29 is 23.9 Å². The SMILES string of the molecule is CCOC(=O)c1cc2c(s1)CCN(C(=O)[C@@H](CC)NC(=O)OC(C)(C)C)C2. The molecule has 0 fully saturated rings.